The molecular formula is C17H26ClN3O2. The summed E-state index contributed by atoms with van der Waals surface area (Å²) in [5, 5.41) is 11.7. The summed E-state index contributed by atoms with van der Waals surface area (Å²) in [5.41, 5.74) is 2.00. The topological polar surface area (TPSA) is 67.2 Å². The van der Waals surface area contributed by atoms with E-state index in [0.717, 1.165) is 31.4 Å². The van der Waals surface area contributed by atoms with Gasteiger partial charge in [0.15, 0.2) is 5.79 Å². The monoisotopic (exact) mass is 339 g/mol. The van der Waals surface area contributed by atoms with Gasteiger partial charge < -0.3 is 20.2 Å². The summed E-state index contributed by atoms with van der Waals surface area (Å²) < 4.78 is 11.5. The van der Waals surface area contributed by atoms with Crippen molar-refractivity contribution in [1.29, 1.82) is 5.41 Å². The van der Waals surface area contributed by atoms with Crippen molar-refractivity contribution in [1.82, 2.24) is 4.98 Å². The van der Waals surface area contributed by atoms with Crippen LogP contribution in [-0.4, -0.2) is 35.7 Å². The van der Waals surface area contributed by atoms with Gasteiger partial charge in [-0.25, -0.2) is 4.98 Å². The molecule has 1 aromatic heterocycles. The minimum absolute atomic E-state index is 0.339. The van der Waals surface area contributed by atoms with Gasteiger partial charge in [-0.05, 0) is 25.8 Å². The second kappa shape index (κ2) is 8.08. The fourth-order valence-electron chi connectivity index (χ4n) is 3.12. The van der Waals surface area contributed by atoms with E-state index in [-0.39, 0.29) is 5.79 Å². The quantitative estimate of drug-likeness (QED) is 0.638. The standard InChI is InChI=1S/C15H20ClN3O2.C2H6/c1-10(17)13-12(4-7-18-14(13)16)19-11-2-5-15(6-3-11)20-8-9-21-15;1-2/h4,7,11,17H,2-3,5-6,8-9H2,1H3,(H,18,19);1-2H3. The first-order chi connectivity index (χ1) is 11.1. The maximum Gasteiger partial charge on any atom is 0.168 e. The molecule has 1 saturated heterocycles. The molecule has 0 atom stereocenters. The summed E-state index contributed by atoms with van der Waals surface area (Å²) >= 11 is 6.11. The molecule has 2 N–H and O–H groups in total. The molecule has 5 nitrogen and oxygen atoms in total. The number of ether oxygens (including phenoxy) is 2. The molecule has 1 aliphatic heterocycles. The Labute approximate surface area is 143 Å². The van der Waals surface area contributed by atoms with Gasteiger partial charge in [-0.1, -0.05) is 25.4 Å². The number of aromatic nitrogens is 1. The molecule has 1 saturated carbocycles. The highest BCUT2D eigenvalue weighted by atomic mass is 35.5. The van der Waals surface area contributed by atoms with Gasteiger partial charge >= 0.3 is 0 Å². The Morgan fingerprint density at radius 1 is 1.30 bits per heavy atom. The Hall–Kier alpha value is -1.17. The second-order valence-corrected chi connectivity index (χ2v) is 6.03. The van der Waals surface area contributed by atoms with Crippen LogP contribution in [0.5, 0.6) is 0 Å². The summed E-state index contributed by atoms with van der Waals surface area (Å²) in [6.45, 7) is 7.13. The molecule has 23 heavy (non-hydrogen) atoms. The van der Waals surface area contributed by atoms with Gasteiger partial charge in [0, 0.05) is 36.5 Å². The van der Waals surface area contributed by atoms with Crippen LogP contribution in [0.4, 0.5) is 5.69 Å². The number of pyridine rings is 1. The predicted octanol–water partition coefficient (Wildman–Crippen LogP) is 4.25. The summed E-state index contributed by atoms with van der Waals surface area (Å²) in [7, 11) is 0. The van der Waals surface area contributed by atoms with Gasteiger partial charge in [0.2, 0.25) is 0 Å². The zero-order valence-corrected chi connectivity index (χ0v) is 14.9. The molecule has 0 aromatic carbocycles. The lowest BCUT2D eigenvalue weighted by Crippen LogP contribution is -2.39. The van der Waals surface area contributed by atoms with Crippen LogP contribution in [0.1, 0.15) is 52.0 Å². The highest BCUT2D eigenvalue weighted by Crippen LogP contribution is 2.37. The van der Waals surface area contributed by atoms with Crippen LogP contribution in [-0.2, 0) is 9.47 Å². The average Bonchev–Trinajstić information content (AvgIpc) is 3.00. The highest BCUT2D eigenvalue weighted by molar-refractivity contribution is 6.33. The third-order valence-electron chi connectivity index (χ3n) is 4.20. The number of nitrogens with one attached hydrogen (secondary N) is 2. The van der Waals surface area contributed by atoms with Crippen LogP contribution >= 0.6 is 11.6 Å². The summed E-state index contributed by atoms with van der Waals surface area (Å²) in [4.78, 5) is 4.06. The van der Waals surface area contributed by atoms with Crippen molar-refractivity contribution in [3.8, 4) is 0 Å². The largest absolute Gasteiger partial charge is 0.382 e. The summed E-state index contributed by atoms with van der Waals surface area (Å²) in [6, 6.07) is 2.23. The van der Waals surface area contributed by atoms with Crippen LogP contribution in [0.2, 0.25) is 5.15 Å². The molecule has 0 amide bonds. The minimum atomic E-state index is -0.339. The first-order valence-corrected chi connectivity index (χ1v) is 8.72. The van der Waals surface area contributed by atoms with Crippen molar-refractivity contribution < 1.29 is 9.47 Å². The normalized spacial score (nSPS) is 20.0. The maximum absolute atomic E-state index is 7.86. The average molecular weight is 340 g/mol. The number of nitrogens with zero attached hydrogens (tertiary/aromatic N) is 1. The van der Waals surface area contributed by atoms with E-state index in [1.165, 1.54) is 0 Å². The van der Waals surface area contributed by atoms with Crippen molar-refractivity contribution in [2.45, 2.75) is 58.3 Å². The van der Waals surface area contributed by atoms with Gasteiger partial charge in [0.25, 0.3) is 0 Å². The van der Waals surface area contributed by atoms with Gasteiger partial charge in [0.05, 0.1) is 18.8 Å². The Balaban J connectivity index is 0.000000924. The Bertz CT molecular complexity index is 535. The van der Waals surface area contributed by atoms with E-state index in [4.69, 9.17) is 26.5 Å². The third-order valence-corrected chi connectivity index (χ3v) is 4.49. The Morgan fingerprint density at radius 3 is 2.48 bits per heavy atom. The van der Waals surface area contributed by atoms with Gasteiger partial charge in [0.1, 0.15) is 5.15 Å². The molecule has 2 heterocycles. The molecular weight excluding hydrogens is 314 g/mol. The van der Waals surface area contributed by atoms with E-state index in [1.807, 2.05) is 19.9 Å². The van der Waals surface area contributed by atoms with E-state index in [2.05, 4.69) is 10.3 Å². The first kappa shape index (κ1) is 18.2. The van der Waals surface area contributed by atoms with Gasteiger partial charge in [-0.2, -0.15) is 0 Å². The molecule has 2 fully saturated rings. The van der Waals surface area contributed by atoms with Crippen molar-refractivity contribution in [2.75, 3.05) is 18.5 Å². The Kier molecular flexibility index (Phi) is 6.39. The maximum atomic E-state index is 7.86. The fraction of sp³-hybridized carbons (Fsp3) is 0.647. The second-order valence-electron chi connectivity index (χ2n) is 5.68. The zero-order chi connectivity index (χ0) is 16.9. The predicted molar refractivity (Wildman–Crippen MR) is 93.6 cm³/mol. The molecule has 0 unspecified atom stereocenters. The lowest BCUT2D eigenvalue weighted by Gasteiger charge is -2.36. The molecule has 6 heteroatoms. The molecule has 0 bridgehead atoms. The Morgan fingerprint density at radius 2 is 1.91 bits per heavy atom. The van der Waals surface area contributed by atoms with Crippen molar-refractivity contribution in [3.05, 3.63) is 23.0 Å². The lowest BCUT2D eigenvalue weighted by atomic mass is 9.89. The summed E-state index contributed by atoms with van der Waals surface area (Å²) in [6.07, 6.45) is 5.45. The smallest absolute Gasteiger partial charge is 0.168 e. The molecule has 3 rings (SSSR count). The number of halogens is 1. The summed E-state index contributed by atoms with van der Waals surface area (Å²) in [5.74, 6) is -0.339. The first-order valence-electron chi connectivity index (χ1n) is 8.34. The zero-order valence-electron chi connectivity index (χ0n) is 14.1. The number of hydrogen-bond acceptors (Lipinski definition) is 5. The number of anilines is 1. The van der Waals surface area contributed by atoms with Crippen LogP contribution in [0.15, 0.2) is 12.3 Å². The van der Waals surface area contributed by atoms with Crippen LogP contribution in [0.25, 0.3) is 0 Å². The van der Waals surface area contributed by atoms with Crippen LogP contribution in [0, 0.1) is 5.41 Å². The molecule has 1 aromatic rings. The van der Waals surface area contributed by atoms with Crippen LogP contribution in [0.3, 0.4) is 0 Å². The lowest BCUT2D eigenvalue weighted by molar-refractivity contribution is -0.177. The van der Waals surface area contributed by atoms with Gasteiger partial charge in [-0.3, -0.25) is 0 Å². The molecule has 1 aliphatic carbocycles. The van der Waals surface area contributed by atoms with Crippen molar-refractivity contribution >= 4 is 23.0 Å². The van der Waals surface area contributed by atoms with E-state index in [0.29, 0.717) is 35.7 Å². The molecule has 2 aliphatic rings. The van der Waals surface area contributed by atoms with E-state index >= 15 is 0 Å². The fourth-order valence-corrected chi connectivity index (χ4v) is 3.42. The van der Waals surface area contributed by atoms with E-state index in [1.54, 1.807) is 13.1 Å². The van der Waals surface area contributed by atoms with Gasteiger partial charge in [-0.15, -0.1) is 0 Å². The third kappa shape index (κ3) is 4.22. The van der Waals surface area contributed by atoms with E-state index in [9.17, 15) is 0 Å². The van der Waals surface area contributed by atoms with Crippen molar-refractivity contribution in [2.24, 2.45) is 0 Å². The molecule has 1 spiro atoms. The van der Waals surface area contributed by atoms with Crippen molar-refractivity contribution in [3.63, 3.8) is 0 Å². The van der Waals surface area contributed by atoms with E-state index < -0.39 is 0 Å². The minimum Gasteiger partial charge on any atom is -0.382 e. The number of hydrogen-bond donors (Lipinski definition) is 2. The molecule has 0 radical (unpaired) electrons. The highest BCUT2D eigenvalue weighted by Gasteiger charge is 2.40. The number of rotatable bonds is 3. The molecule has 128 valence electrons. The SMILES string of the molecule is CC.CC(=N)c1c(NC2CCC3(CC2)OCCO3)ccnc1Cl. The van der Waals surface area contributed by atoms with Crippen LogP contribution < -0.4 is 5.32 Å².